The summed E-state index contributed by atoms with van der Waals surface area (Å²) in [6, 6.07) is 8.31. The molecule has 3 aromatic rings. The van der Waals surface area contributed by atoms with Crippen molar-refractivity contribution in [3.05, 3.63) is 41.6 Å². The van der Waals surface area contributed by atoms with Crippen molar-refractivity contribution in [3.63, 3.8) is 0 Å². The van der Waals surface area contributed by atoms with Crippen LogP contribution in [-0.2, 0) is 21.2 Å². The number of anilines is 1. The van der Waals surface area contributed by atoms with E-state index in [0.29, 0.717) is 30.2 Å². The first-order valence-corrected chi connectivity index (χ1v) is 11.4. The Balaban J connectivity index is 1.58. The fraction of sp³-hybridized carbons (Fsp3) is 0.316. The number of ether oxygens (including phenoxy) is 1. The zero-order chi connectivity index (χ0) is 21.7. The fourth-order valence-corrected chi connectivity index (χ4v) is 4.36. The number of aryl methyl sites for hydroxylation is 1. The van der Waals surface area contributed by atoms with E-state index in [4.69, 9.17) is 9.26 Å². The number of thiophene rings is 1. The zero-order valence-corrected chi connectivity index (χ0v) is 18.4. The second-order valence-corrected chi connectivity index (χ2v) is 9.61. The Labute approximate surface area is 178 Å². The van der Waals surface area contributed by atoms with Gasteiger partial charge in [0.1, 0.15) is 10.6 Å². The Morgan fingerprint density at radius 2 is 2.10 bits per heavy atom. The first-order valence-electron chi connectivity index (χ1n) is 9.08. The normalized spacial score (nSPS) is 11.6. The number of carbonyl (C=O) groups is 1. The summed E-state index contributed by atoms with van der Waals surface area (Å²) in [5.41, 5.74) is 0.374. The maximum Gasteiger partial charge on any atom is 0.246 e. The molecule has 0 spiro atoms. The van der Waals surface area contributed by atoms with Crippen LogP contribution in [0.15, 0.2) is 45.1 Å². The molecule has 30 heavy (non-hydrogen) atoms. The Morgan fingerprint density at radius 3 is 2.77 bits per heavy atom. The summed E-state index contributed by atoms with van der Waals surface area (Å²) in [5, 5.41) is 8.59. The van der Waals surface area contributed by atoms with Crippen molar-refractivity contribution in [1.29, 1.82) is 0 Å². The highest BCUT2D eigenvalue weighted by atomic mass is 32.2. The van der Waals surface area contributed by atoms with Crippen LogP contribution in [0.3, 0.4) is 0 Å². The first-order chi connectivity index (χ1) is 14.3. The number of nitrogens with zero attached hydrogens (tertiary/aromatic N) is 3. The van der Waals surface area contributed by atoms with E-state index in [1.54, 1.807) is 6.07 Å². The standard InChI is InChI=1S/C19H22N4O5S2/c1-23(2)30(25,26)16-12-13(9-10-14(16)27-3)20-17(24)7-4-8-18-21-19(22-28-18)15-6-5-11-29-15/h5-6,9-12H,4,7-8H2,1-3H3,(H,20,24). The van der Waals surface area contributed by atoms with Crippen LogP contribution in [0.1, 0.15) is 18.7 Å². The number of rotatable bonds is 9. The molecule has 0 fully saturated rings. The van der Waals surface area contributed by atoms with Gasteiger partial charge in [-0.05, 0) is 36.1 Å². The van der Waals surface area contributed by atoms with Crippen molar-refractivity contribution in [2.75, 3.05) is 26.5 Å². The average Bonchev–Trinajstić information content (AvgIpc) is 3.39. The Morgan fingerprint density at radius 1 is 1.30 bits per heavy atom. The van der Waals surface area contributed by atoms with E-state index < -0.39 is 10.0 Å². The van der Waals surface area contributed by atoms with Crippen LogP contribution >= 0.6 is 11.3 Å². The van der Waals surface area contributed by atoms with Gasteiger partial charge < -0.3 is 14.6 Å². The second-order valence-electron chi connectivity index (χ2n) is 6.54. The maximum absolute atomic E-state index is 12.5. The number of hydrogen-bond donors (Lipinski definition) is 1. The van der Waals surface area contributed by atoms with Gasteiger partial charge >= 0.3 is 0 Å². The summed E-state index contributed by atoms with van der Waals surface area (Å²) in [6.45, 7) is 0. The molecule has 0 unspecified atom stereocenters. The molecule has 1 N–H and O–H groups in total. The van der Waals surface area contributed by atoms with Crippen molar-refractivity contribution < 1.29 is 22.5 Å². The molecule has 0 aliphatic rings. The van der Waals surface area contributed by atoms with E-state index in [-0.39, 0.29) is 23.0 Å². The summed E-state index contributed by atoms with van der Waals surface area (Å²) < 4.78 is 36.4. The van der Waals surface area contributed by atoms with Crippen molar-refractivity contribution in [2.45, 2.75) is 24.2 Å². The lowest BCUT2D eigenvalue weighted by atomic mass is 10.2. The van der Waals surface area contributed by atoms with Gasteiger partial charge in [-0.15, -0.1) is 11.3 Å². The summed E-state index contributed by atoms with van der Waals surface area (Å²) in [6.07, 6.45) is 1.20. The van der Waals surface area contributed by atoms with E-state index in [2.05, 4.69) is 15.5 Å². The van der Waals surface area contributed by atoms with Gasteiger partial charge in [-0.1, -0.05) is 11.2 Å². The highest BCUT2D eigenvalue weighted by molar-refractivity contribution is 7.89. The molecule has 0 saturated carbocycles. The number of aromatic nitrogens is 2. The lowest BCUT2D eigenvalue weighted by Crippen LogP contribution is -2.23. The van der Waals surface area contributed by atoms with Crippen LogP contribution in [0, 0.1) is 0 Å². The third kappa shape index (κ3) is 5.04. The largest absolute Gasteiger partial charge is 0.495 e. The van der Waals surface area contributed by atoms with Crippen LogP contribution < -0.4 is 10.1 Å². The van der Waals surface area contributed by atoms with E-state index >= 15 is 0 Å². The zero-order valence-electron chi connectivity index (χ0n) is 16.8. The minimum absolute atomic E-state index is 0.0141. The number of methoxy groups -OCH3 is 1. The lowest BCUT2D eigenvalue weighted by Gasteiger charge is -2.16. The molecule has 9 nitrogen and oxygen atoms in total. The number of nitrogens with one attached hydrogen (secondary N) is 1. The Bertz CT molecular complexity index is 1110. The lowest BCUT2D eigenvalue weighted by molar-refractivity contribution is -0.116. The molecule has 0 saturated heterocycles. The fourth-order valence-electron chi connectivity index (χ4n) is 2.64. The van der Waals surface area contributed by atoms with Gasteiger partial charge in [0, 0.05) is 32.6 Å². The number of amides is 1. The van der Waals surface area contributed by atoms with E-state index in [9.17, 15) is 13.2 Å². The van der Waals surface area contributed by atoms with Crippen molar-refractivity contribution in [2.24, 2.45) is 0 Å². The van der Waals surface area contributed by atoms with Gasteiger partial charge in [0.2, 0.25) is 27.6 Å². The molecule has 0 atom stereocenters. The smallest absolute Gasteiger partial charge is 0.246 e. The van der Waals surface area contributed by atoms with Gasteiger partial charge in [-0.25, -0.2) is 12.7 Å². The molecule has 0 aliphatic carbocycles. The van der Waals surface area contributed by atoms with E-state index in [1.807, 2.05) is 17.5 Å². The van der Waals surface area contributed by atoms with E-state index in [1.165, 1.54) is 44.7 Å². The van der Waals surface area contributed by atoms with Crippen LogP contribution in [0.4, 0.5) is 5.69 Å². The number of sulfonamides is 1. The number of benzene rings is 1. The van der Waals surface area contributed by atoms with Crippen LogP contribution in [0.5, 0.6) is 5.75 Å². The average molecular weight is 451 g/mol. The number of carbonyl (C=O) groups excluding carboxylic acids is 1. The highest BCUT2D eigenvalue weighted by Gasteiger charge is 2.23. The predicted molar refractivity (Wildman–Crippen MR) is 113 cm³/mol. The molecule has 160 valence electrons. The summed E-state index contributed by atoms with van der Waals surface area (Å²) in [5.74, 6) is 0.971. The Kier molecular flexibility index (Phi) is 6.85. The van der Waals surface area contributed by atoms with Crippen molar-refractivity contribution >= 4 is 33.0 Å². The summed E-state index contributed by atoms with van der Waals surface area (Å²) in [4.78, 5) is 17.5. The second kappa shape index (κ2) is 9.37. The van der Waals surface area contributed by atoms with Crippen LogP contribution in [0.25, 0.3) is 10.7 Å². The van der Waals surface area contributed by atoms with Gasteiger partial charge in [0.05, 0.1) is 12.0 Å². The monoisotopic (exact) mass is 450 g/mol. The minimum Gasteiger partial charge on any atom is -0.495 e. The summed E-state index contributed by atoms with van der Waals surface area (Å²) >= 11 is 1.52. The molecule has 2 aromatic heterocycles. The predicted octanol–water partition coefficient (Wildman–Crippen LogP) is 3.02. The third-order valence-corrected chi connectivity index (χ3v) is 6.91. The van der Waals surface area contributed by atoms with E-state index in [0.717, 1.165) is 9.18 Å². The molecule has 2 heterocycles. The van der Waals surface area contributed by atoms with Crippen LogP contribution in [0.2, 0.25) is 0 Å². The van der Waals surface area contributed by atoms with Crippen molar-refractivity contribution in [3.8, 4) is 16.5 Å². The van der Waals surface area contributed by atoms with Gasteiger partial charge in [0.25, 0.3) is 0 Å². The van der Waals surface area contributed by atoms with Crippen molar-refractivity contribution in [1.82, 2.24) is 14.4 Å². The molecule has 3 rings (SSSR count). The van der Waals surface area contributed by atoms with Gasteiger partial charge in [-0.3, -0.25) is 4.79 Å². The number of hydrogen-bond acceptors (Lipinski definition) is 8. The molecule has 11 heteroatoms. The third-order valence-electron chi connectivity index (χ3n) is 4.21. The maximum atomic E-state index is 12.5. The van der Waals surface area contributed by atoms with Gasteiger partial charge in [-0.2, -0.15) is 4.98 Å². The topological polar surface area (TPSA) is 115 Å². The molecule has 1 aromatic carbocycles. The molecule has 0 radical (unpaired) electrons. The molecular formula is C19H22N4O5S2. The Hall–Kier alpha value is -2.76. The first kappa shape index (κ1) is 21.9. The SMILES string of the molecule is COc1ccc(NC(=O)CCCc2nc(-c3cccs3)no2)cc1S(=O)(=O)N(C)C. The molecule has 1 amide bonds. The van der Waals surface area contributed by atoms with Gasteiger partial charge in [0.15, 0.2) is 0 Å². The van der Waals surface area contributed by atoms with Crippen LogP contribution in [-0.4, -0.2) is 50.0 Å². The highest BCUT2D eigenvalue weighted by Crippen LogP contribution is 2.29. The minimum atomic E-state index is -3.72. The quantitative estimate of drug-likeness (QED) is 0.533. The molecule has 0 aliphatic heterocycles. The molecule has 0 bridgehead atoms. The molecular weight excluding hydrogens is 428 g/mol. The summed E-state index contributed by atoms with van der Waals surface area (Å²) in [7, 11) is 0.539.